The third-order valence-electron chi connectivity index (χ3n) is 2.14. The van der Waals surface area contributed by atoms with Crippen LogP contribution in [0.4, 0.5) is 4.79 Å². The Morgan fingerprint density at radius 2 is 1.48 bits per heavy atom. The molecule has 0 unspecified atom stereocenters. The number of carbonyl (C=O) groups excluding carboxylic acids is 1. The van der Waals surface area contributed by atoms with Gasteiger partial charge in [0, 0.05) is 6.61 Å². The van der Waals surface area contributed by atoms with Gasteiger partial charge < -0.3 is 25.0 Å². The molecule has 0 amide bonds. The zero-order chi connectivity index (χ0) is 18.7. The lowest BCUT2D eigenvalue weighted by Gasteiger charge is -2.24. The number of carboxylic acids is 1. The molecule has 3 N–H and O–H groups in total. The number of aliphatic hydroxyl groups is 1. The molecule has 1 atom stereocenters. The van der Waals surface area contributed by atoms with Crippen LogP contribution in [0.5, 0.6) is 0 Å². The van der Waals surface area contributed by atoms with Crippen molar-refractivity contribution in [3.8, 4) is 0 Å². The summed E-state index contributed by atoms with van der Waals surface area (Å²) >= 11 is 0. The number of nitrogens with one attached hydrogen (secondary N) is 1. The summed E-state index contributed by atoms with van der Waals surface area (Å²) < 4.78 is 9.91. The average molecular weight is 335 g/mol. The van der Waals surface area contributed by atoms with Crippen LogP contribution in [0, 0.1) is 0 Å². The second-order valence-corrected chi connectivity index (χ2v) is 7.04. The average Bonchev–Trinajstić information content (AvgIpc) is 2.29. The van der Waals surface area contributed by atoms with Crippen molar-refractivity contribution in [3.05, 3.63) is 0 Å². The van der Waals surface area contributed by atoms with E-state index in [1.165, 1.54) is 0 Å². The Morgan fingerprint density at radius 3 is 1.74 bits per heavy atom. The fourth-order valence-electron chi connectivity index (χ4n) is 1.28. The lowest BCUT2D eigenvalue weighted by atomic mass is 10.2. The molecule has 0 saturated carbocycles. The molecule has 0 radical (unpaired) electrons. The molecule has 7 heteroatoms. The minimum atomic E-state index is -0.896. The zero-order valence-corrected chi connectivity index (χ0v) is 15.4. The number of aliphatic carboxylic acids is 1. The quantitative estimate of drug-likeness (QED) is 0.641. The van der Waals surface area contributed by atoms with Crippen LogP contribution >= 0.6 is 0 Å². The summed E-state index contributed by atoms with van der Waals surface area (Å²) in [6.07, 6.45) is 0.555. The molecule has 0 aromatic heterocycles. The van der Waals surface area contributed by atoms with Crippen molar-refractivity contribution in [1.29, 1.82) is 0 Å². The van der Waals surface area contributed by atoms with Crippen LogP contribution in [0.15, 0.2) is 0 Å². The summed E-state index contributed by atoms with van der Waals surface area (Å²) in [5, 5.41) is 19.8. The Hall–Kier alpha value is -1.34. The number of carbonyl (C=O) groups is 2. The standard InChI is InChI=1S/C9H18O3.C7H15NO3/c1-8(2,3)11-7(10)12-9(4,5)6;1-2-4-8-6(3-5-9)7(10)11/h1-6H3;6,8-9H,2-5H2,1H3,(H,10,11)/t;6-/m.0/s1. The topological polar surface area (TPSA) is 105 Å². The van der Waals surface area contributed by atoms with Crippen LogP contribution in [0.25, 0.3) is 0 Å². The van der Waals surface area contributed by atoms with Crippen LogP contribution in [-0.2, 0) is 14.3 Å². The van der Waals surface area contributed by atoms with Crippen molar-refractivity contribution in [2.45, 2.75) is 78.6 Å². The molecule has 0 aliphatic heterocycles. The maximum absolute atomic E-state index is 11.0. The van der Waals surface area contributed by atoms with Crippen molar-refractivity contribution in [2.75, 3.05) is 13.2 Å². The maximum atomic E-state index is 11.0. The number of ether oxygens (including phenoxy) is 2. The van der Waals surface area contributed by atoms with E-state index in [-0.39, 0.29) is 13.0 Å². The summed E-state index contributed by atoms with van der Waals surface area (Å²) in [5.41, 5.74) is -0.968. The van der Waals surface area contributed by atoms with E-state index in [9.17, 15) is 9.59 Å². The SMILES string of the molecule is CC(C)(C)OC(=O)OC(C)(C)C.CCCN[C@@H](CCO)C(=O)O. The minimum Gasteiger partial charge on any atom is -0.480 e. The summed E-state index contributed by atoms with van der Waals surface area (Å²) in [5.74, 6) is -0.896. The summed E-state index contributed by atoms with van der Waals surface area (Å²) in [6, 6.07) is -0.597. The molecule has 7 nitrogen and oxygen atoms in total. The van der Waals surface area contributed by atoms with Gasteiger partial charge in [0.25, 0.3) is 0 Å². The van der Waals surface area contributed by atoms with Crippen LogP contribution in [0.2, 0.25) is 0 Å². The second-order valence-electron chi connectivity index (χ2n) is 7.04. The first-order valence-corrected chi connectivity index (χ1v) is 7.81. The van der Waals surface area contributed by atoms with E-state index in [1.54, 1.807) is 41.5 Å². The highest BCUT2D eigenvalue weighted by atomic mass is 16.7. The lowest BCUT2D eigenvalue weighted by molar-refractivity contribution is -0.139. The van der Waals surface area contributed by atoms with E-state index < -0.39 is 29.4 Å². The van der Waals surface area contributed by atoms with Crippen molar-refractivity contribution in [2.24, 2.45) is 0 Å². The summed E-state index contributed by atoms with van der Waals surface area (Å²) in [7, 11) is 0. The number of aliphatic hydroxyl groups excluding tert-OH is 1. The predicted octanol–water partition coefficient (Wildman–Crippen LogP) is 2.56. The molecular formula is C16H33NO6. The molecule has 0 heterocycles. The van der Waals surface area contributed by atoms with Crippen LogP contribution in [0.3, 0.4) is 0 Å². The maximum Gasteiger partial charge on any atom is 0.509 e. The van der Waals surface area contributed by atoms with Gasteiger partial charge in [-0.15, -0.1) is 0 Å². The van der Waals surface area contributed by atoms with Crippen molar-refractivity contribution in [3.63, 3.8) is 0 Å². The molecule has 0 bridgehead atoms. The monoisotopic (exact) mass is 335 g/mol. The van der Waals surface area contributed by atoms with Gasteiger partial charge in [-0.25, -0.2) is 4.79 Å². The van der Waals surface area contributed by atoms with Gasteiger partial charge in [0.05, 0.1) is 0 Å². The number of carboxylic acid groups (broad SMARTS) is 1. The van der Waals surface area contributed by atoms with Crippen molar-refractivity contribution >= 4 is 12.1 Å². The summed E-state index contributed by atoms with van der Waals surface area (Å²) in [6.45, 7) is 13.4. The minimum absolute atomic E-state index is 0.0896. The second kappa shape index (κ2) is 11.2. The molecular weight excluding hydrogens is 302 g/mol. The number of hydrogen-bond acceptors (Lipinski definition) is 6. The first-order chi connectivity index (χ1) is 10.3. The van der Waals surface area contributed by atoms with Crippen molar-refractivity contribution < 1.29 is 29.3 Å². The highest BCUT2D eigenvalue weighted by Crippen LogP contribution is 2.13. The van der Waals surface area contributed by atoms with Gasteiger partial charge in [0.2, 0.25) is 0 Å². The number of rotatable bonds is 6. The van der Waals surface area contributed by atoms with Crippen LogP contribution in [-0.4, -0.2) is 52.7 Å². The molecule has 138 valence electrons. The predicted molar refractivity (Wildman–Crippen MR) is 88.5 cm³/mol. The van der Waals surface area contributed by atoms with E-state index in [2.05, 4.69) is 5.32 Å². The molecule has 0 saturated heterocycles. The van der Waals surface area contributed by atoms with Gasteiger partial charge in [0.1, 0.15) is 17.2 Å². The first-order valence-electron chi connectivity index (χ1n) is 7.81. The number of hydrogen-bond donors (Lipinski definition) is 3. The van der Waals surface area contributed by atoms with E-state index in [0.29, 0.717) is 6.54 Å². The molecule has 0 rings (SSSR count). The van der Waals surface area contributed by atoms with Crippen LogP contribution in [0.1, 0.15) is 61.3 Å². The molecule has 23 heavy (non-hydrogen) atoms. The normalized spacial score (nSPS) is 12.7. The lowest BCUT2D eigenvalue weighted by Crippen LogP contribution is -2.37. The summed E-state index contributed by atoms with van der Waals surface area (Å²) in [4.78, 5) is 21.5. The van der Waals surface area contributed by atoms with Crippen molar-refractivity contribution in [1.82, 2.24) is 5.32 Å². The van der Waals surface area contributed by atoms with Gasteiger partial charge in [-0.3, -0.25) is 4.79 Å². The van der Waals surface area contributed by atoms with Gasteiger partial charge in [0.15, 0.2) is 0 Å². The third kappa shape index (κ3) is 18.6. The van der Waals surface area contributed by atoms with E-state index in [1.807, 2.05) is 6.92 Å². The van der Waals surface area contributed by atoms with E-state index in [0.717, 1.165) is 6.42 Å². The van der Waals surface area contributed by atoms with Gasteiger partial charge in [-0.05, 0) is 60.9 Å². The Bertz CT molecular complexity index is 325. The fourth-order valence-corrected chi connectivity index (χ4v) is 1.28. The molecule has 0 aromatic rings. The highest BCUT2D eigenvalue weighted by Gasteiger charge is 2.22. The molecule has 0 aliphatic rings. The smallest absolute Gasteiger partial charge is 0.480 e. The molecule has 0 aromatic carbocycles. The Kier molecular flexibility index (Phi) is 11.7. The Labute approximate surface area is 139 Å². The molecule has 0 aliphatic carbocycles. The molecule has 0 fully saturated rings. The highest BCUT2D eigenvalue weighted by molar-refractivity contribution is 5.73. The Balaban J connectivity index is 0. The van der Waals surface area contributed by atoms with Gasteiger partial charge >= 0.3 is 12.1 Å². The first kappa shape index (κ1) is 23.9. The third-order valence-corrected chi connectivity index (χ3v) is 2.14. The largest absolute Gasteiger partial charge is 0.509 e. The van der Waals surface area contributed by atoms with Gasteiger partial charge in [-0.1, -0.05) is 6.92 Å². The van der Waals surface area contributed by atoms with Gasteiger partial charge in [-0.2, -0.15) is 0 Å². The zero-order valence-electron chi connectivity index (χ0n) is 15.4. The molecule has 0 spiro atoms. The Morgan fingerprint density at radius 1 is 1.04 bits per heavy atom. The van der Waals surface area contributed by atoms with E-state index >= 15 is 0 Å². The fraction of sp³-hybridized carbons (Fsp3) is 0.875. The van der Waals surface area contributed by atoms with Crippen LogP contribution < -0.4 is 5.32 Å². The van der Waals surface area contributed by atoms with E-state index in [4.69, 9.17) is 19.7 Å².